The van der Waals surface area contributed by atoms with E-state index in [-0.39, 0.29) is 0 Å². The molecule has 0 amide bonds. The van der Waals surface area contributed by atoms with Crippen LogP contribution < -0.4 is 5.32 Å². The summed E-state index contributed by atoms with van der Waals surface area (Å²) in [5.74, 6) is 5.48. The minimum absolute atomic E-state index is 0.467. The maximum atomic E-state index is 3.98. The van der Waals surface area contributed by atoms with E-state index in [0.717, 1.165) is 10.5 Å². The van der Waals surface area contributed by atoms with Crippen LogP contribution >= 0.6 is 35.3 Å². The van der Waals surface area contributed by atoms with Gasteiger partial charge in [0.05, 0.1) is 5.54 Å². The first-order valence-corrected chi connectivity index (χ1v) is 10.2. The van der Waals surface area contributed by atoms with Gasteiger partial charge in [0.2, 0.25) is 0 Å². The Bertz CT molecular complexity index is 241. The fourth-order valence-corrected chi connectivity index (χ4v) is 8.13. The van der Waals surface area contributed by atoms with Crippen LogP contribution in [0, 0.1) is 0 Å². The van der Waals surface area contributed by atoms with Crippen molar-refractivity contribution in [3.8, 4) is 0 Å². The van der Waals surface area contributed by atoms with E-state index in [2.05, 4.69) is 40.6 Å². The highest BCUT2D eigenvalue weighted by Crippen LogP contribution is 2.45. The third-order valence-electron chi connectivity index (χ3n) is 4.30. The molecule has 0 saturated carbocycles. The van der Waals surface area contributed by atoms with E-state index in [1.807, 2.05) is 0 Å². The summed E-state index contributed by atoms with van der Waals surface area (Å²) in [6.07, 6.45) is 7.26. The van der Waals surface area contributed by atoms with E-state index in [1.165, 1.54) is 61.7 Å². The standard InChI is InChI=1S/C13H23NS3/c1-2-7-16-11(4-1)13(10-15-9-6-14-13)12-5-3-8-17-12/h11-12,14H,1-10H2. The fourth-order valence-electron chi connectivity index (χ4n) is 3.40. The first-order chi connectivity index (χ1) is 8.42. The van der Waals surface area contributed by atoms with Crippen LogP contribution in [0.3, 0.4) is 0 Å². The van der Waals surface area contributed by atoms with Crippen molar-refractivity contribution in [1.29, 1.82) is 0 Å². The zero-order valence-electron chi connectivity index (χ0n) is 10.5. The number of nitrogens with one attached hydrogen (secondary N) is 1. The number of thioether (sulfide) groups is 3. The second-order valence-electron chi connectivity index (χ2n) is 5.38. The van der Waals surface area contributed by atoms with Crippen LogP contribution in [-0.2, 0) is 0 Å². The van der Waals surface area contributed by atoms with Crippen molar-refractivity contribution in [3.05, 3.63) is 0 Å². The lowest BCUT2D eigenvalue weighted by Crippen LogP contribution is -2.64. The van der Waals surface area contributed by atoms with Gasteiger partial charge in [-0.2, -0.15) is 35.3 Å². The molecule has 1 nitrogen and oxygen atoms in total. The van der Waals surface area contributed by atoms with Crippen LogP contribution in [0.5, 0.6) is 0 Å². The minimum atomic E-state index is 0.467. The van der Waals surface area contributed by atoms with Gasteiger partial charge >= 0.3 is 0 Å². The molecule has 4 heteroatoms. The molecule has 3 saturated heterocycles. The normalized spacial score (nSPS) is 43.8. The molecule has 3 fully saturated rings. The largest absolute Gasteiger partial charge is 0.308 e. The van der Waals surface area contributed by atoms with Gasteiger partial charge in [0.25, 0.3) is 0 Å². The molecular formula is C13H23NS3. The molecule has 17 heavy (non-hydrogen) atoms. The third kappa shape index (κ3) is 2.65. The molecule has 98 valence electrons. The van der Waals surface area contributed by atoms with Gasteiger partial charge in [-0.1, -0.05) is 6.42 Å². The van der Waals surface area contributed by atoms with Crippen molar-refractivity contribution in [1.82, 2.24) is 5.32 Å². The third-order valence-corrected chi connectivity index (χ3v) is 8.64. The van der Waals surface area contributed by atoms with Gasteiger partial charge in [0.15, 0.2) is 0 Å². The Hall–Kier alpha value is 1.01. The van der Waals surface area contributed by atoms with Gasteiger partial charge in [-0.25, -0.2) is 0 Å². The Labute approximate surface area is 118 Å². The molecule has 3 atom stereocenters. The molecule has 0 bridgehead atoms. The monoisotopic (exact) mass is 289 g/mol. The smallest absolute Gasteiger partial charge is 0.0511 e. The Morgan fingerprint density at radius 1 is 0.882 bits per heavy atom. The zero-order valence-corrected chi connectivity index (χ0v) is 12.9. The SMILES string of the molecule is C1CCC(C2(C3CCCS3)CSCCN2)SC1. The summed E-state index contributed by atoms with van der Waals surface area (Å²) in [7, 11) is 0. The summed E-state index contributed by atoms with van der Waals surface area (Å²) >= 11 is 6.71. The van der Waals surface area contributed by atoms with Gasteiger partial charge in [0, 0.05) is 28.6 Å². The van der Waals surface area contributed by atoms with Crippen molar-refractivity contribution in [2.45, 2.75) is 48.1 Å². The maximum Gasteiger partial charge on any atom is 0.0511 e. The Morgan fingerprint density at radius 3 is 2.24 bits per heavy atom. The van der Waals surface area contributed by atoms with Crippen LogP contribution in [0.1, 0.15) is 32.1 Å². The highest BCUT2D eigenvalue weighted by atomic mass is 32.2. The summed E-state index contributed by atoms with van der Waals surface area (Å²) < 4.78 is 0. The van der Waals surface area contributed by atoms with Gasteiger partial charge in [-0.15, -0.1) is 0 Å². The van der Waals surface area contributed by atoms with Gasteiger partial charge in [-0.3, -0.25) is 0 Å². The summed E-state index contributed by atoms with van der Waals surface area (Å²) in [5, 5.41) is 5.76. The molecule has 1 N–H and O–H groups in total. The Balaban J connectivity index is 1.78. The van der Waals surface area contributed by atoms with Crippen molar-refractivity contribution in [2.75, 3.05) is 29.6 Å². The van der Waals surface area contributed by atoms with Crippen LogP contribution in [0.2, 0.25) is 0 Å². The van der Waals surface area contributed by atoms with E-state index in [4.69, 9.17) is 0 Å². The number of hydrogen-bond donors (Lipinski definition) is 1. The van der Waals surface area contributed by atoms with Gasteiger partial charge in [-0.05, 0) is 37.2 Å². The van der Waals surface area contributed by atoms with E-state index >= 15 is 0 Å². The van der Waals surface area contributed by atoms with Crippen LogP contribution in [0.15, 0.2) is 0 Å². The Kier molecular flexibility index (Phi) is 4.58. The van der Waals surface area contributed by atoms with E-state index in [0.29, 0.717) is 5.54 Å². The minimum Gasteiger partial charge on any atom is -0.308 e. The average molecular weight is 290 g/mol. The molecule has 0 spiro atoms. The lowest BCUT2D eigenvalue weighted by molar-refractivity contribution is 0.319. The molecule has 3 aliphatic heterocycles. The molecule has 0 aromatic carbocycles. The predicted molar refractivity (Wildman–Crippen MR) is 83.6 cm³/mol. The second kappa shape index (κ2) is 5.98. The fraction of sp³-hybridized carbons (Fsp3) is 1.00. The van der Waals surface area contributed by atoms with Crippen molar-refractivity contribution in [2.24, 2.45) is 0 Å². The molecule has 0 radical (unpaired) electrons. The van der Waals surface area contributed by atoms with Crippen LogP contribution in [0.25, 0.3) is 0 Å². The average Bonchev–Trinajstić information content (AvgIpc) is 2.95. The van der Waals surface area contributed by atoms with Crippen molar-refractivity contribution < 1.29 is 0 Å². The lowest BCUT2D eigenvalue weighted by atomic mass is 9.87. The summed E-state index contributed by atoms with van der Waals surface area (Å²) in [6, 6.07) is 0. The zero-order chi connectivity index (χ0) is 11.6. The number of rotatable bonds is 2. The molecule has 3 rings (SSSR count). The highest BCUT2D eigenvalue weighted by molar-refractivity contribution is 8.01. The molecular weight excluding hydrogens is 266 g/mol. The first-order valence-electron chi connectivity index (χ1n) is 6.98. The Morgan fingerprint density at radius 2 is 1.65 bits per heavy atom. The topological polar surface area (TPSA) is 12.0 Å². The first kappa shape index (κ1) is 13.0. The van der Waals surface area contributed by atoms with Gasteiger partial charge < -0.3 is 5.32 Å². The van der Waals surface area contributed by atoms with E-state index < -0.39 is 0 Å². The molecule has 0 aromatic rings. The quantitative estimate of drug-likeness (QED) is 0.837. The summed E-state index contributed by atoms with van der Waals surface area (Å²) in [6.45, 7) is 1.23. The van der Waals surface area contributed by atoms with Gasteiger partial charge in [0.1, 0.15) is 0 Å². The molecule has 0 aromatic heterocycles. The van der Waals surface area contributed by atoms with Crippen LogP contribution in [0.4, 0.5) is 0 Å². The van der Waals surface area contributed by atoms with Crippen molar-refractivity contribution >= 4 is 35.3 Å². The predicted octanol–water partition coefficient (Wildman–Crippen LogP) is 3.24. The molecule has 3 aliphatic rings. The van der Waals surface area contributed by atoms with E-state index in [9.17, 15) is 0 Å². The number of hydrogen-bond acceptors (Lipinski definition) is 4. The second-order valence-corrected chi connectivity index (χ2v) is 9.10. The molecule has 0 aliphatic carbocycles. The summed E-state index contributed by atoms with van der Waals surface area (Å²) in [4.78, 5) is 0. The molecule has 3 unspecified atom stereocenters. The van der Waals surface area contributed by atoms with E-state index in [1.54, 1.807) is 0 Å². The maximum absolute atomic E-state index is 3.98. The highest BCUT2D eigenvalue weighted by Gasteiger charge is 2.47. The molecule has 3 heterocycles. The van der Waals surface area contributed by atoms with Crippen LogP contribution in [-0.4, -0.2) is 45.6 Å². The lowest BCUT2D eigenvalue weighted by Gasteiger charge is -2.48. The summed E-state index contributed by atoms with van der Waals surface area (Å²) in [5.41, 5.74) is 0.467. The van der Waals surface area contributed by atoms with Crippen molar-refractivity contribution in [3.63, 3.8) is 0 Å².